The number of carbonyl (C=O) groups excluding carboxylic acids is 1. The number of ether oxygens (including phenoxy) is 1. The quantitative estimate of drug-likeness (QED) is 0.647. The third-order valence-corrected chi connectivity index (χ3v) is 3.81. The zero-order chi connectivity index (χ0) is 15.1. The van der Waals surface area contributed by atoms with Gasteiger partial charge < -0.3 is 9.64 Å². The molecule has 0 radical (unpaired) electrons. The van der Waals surface area contributed by atoms with E-state index in [0.29, 0.717) is 13.0 Å². The van der Waals surface area contributed by atoms with Crippen molar-refractivity contribution in [3.8, 4) is 5.75 Å². The zero-order valence-corrected chi connectivity index (χ0v) is 13.3. The first-order valence-corrected chi connectivity index (χ1v) is 8.16. The molecule has 1 aliphatic carbocycles. The van der Waals surface area contributed by atoms with Crippen LogP contribution in [0.5, 0.6) is 5.75 Å². The van der Waals surface area contributed by atoms with Gasteiger partial charge in [0.25, 0.3) is 0 Å². The van der Waals surface area contributed by atoms with Crippen LogP contribution in [0.3, 0.4) is 0 Å². The lowest BCUT2D eigenvalue weighted by Crippen LogP contribution is -2.33. The van der Waals surface area contributed by atoms with Crippen LogP contribution in [0.15, 0.2) is 24.3 Å². The minimum Gasteiger partial charge on any atom is -0.494 e. The Morgan fingerprint density at radius 2 is 2.19 bits per heavy atom. The van der Waals surface area contributed by atoms with Crippen LogP contribution in [0.25, 0.3) is 0 Å². The number of hydrogen-bond acceptors (Lipinski definition) is 2. The number of rotatable bonds is 9. The second-order valence-corrected chi connectivity index (χ2v) is 6.05. The predicted molar refractivity (Wildman–Crippen MR) is 85.5 cm³/mol. The topological polar surface area (TPSA) is 29.5 Å². The molecule has 2 rings (SSSR count). The Balaban J connectivity index is 1.67. The molecule has 21 heavy (non-hydrogen) atoms. The van der Waals surface area contributed by atoms with Crippen LogP contribution in [-0.4, -0.2) is 30.5 Å². The summed E-state index contributed by atoms with van der Waals surface area (Å²) >= 11 is 0. The Morgan fingerprint density at radius 1 is 1.38 bits per heavy atom. The van der Waals surface area contributed by atoms with Crippen LogP contribution < -0.4 is 4.74 Å². The number of carbonyl (C=O) groups is 1. The summed E-state index contributed by atoms with van der Waals surface area (Å²) in [6.45, 7) is 6.66. The van der Waals surface area contributed by atoms with E-state index in [0.717, 1.165) is 37.6 Å². The van der Waals surface area contributed by atoms with Gasteiger partial charge in [-0.1, -0.05) is 19.1 Å². The molecule has 0 N–H and O–H groups in total. The highest BCUT2D eigenvalue weighted by Crippen LogP contribution is 2.30. The van der Waals surface area contributed by atoms with Crippen LogP contribution in [0.2, 0.25) is 0 Å². The van der Waals surface area contributed by atoms with Crippen molar-refractivity contribution >= 4 is 5.91 Å². The van der Waals surface area contributed by atoms with Gasteiger partial charge in [0, 0.05) is 19.5 Å². The Labute approximate surface area is 128 Å². The Bertz CT molecular complexity index is 454. The van der Waals surface area contributed by atoms with Crippen molar-refractivity contribution in [3.05, 3.63) is 29.8 Å². The van der Waals surface area contributed by atoms with Crippen LogP contribution >= 0.6 is 0 Å². The lowest BCUT2D eigenvalue weighted by atomic mass is 10.2. The van der Waals surface area contributed by atoms with Crippen molar-refractivity contribution in [3.63, 3.8) is 0 Å². The van der Waals surface area contributed by atoms with Gasteiger partial charge in [0.2, 0.25) is 5.91 Å². The highest BCUT2D eigenvalue weighted by molar-refractivity contribution is 5.76. The maximum Gasteiger partial charge on any atom is 0.222 e. The standard InChI is InChI=1S/C18H27NO2/c1-3-11-19(14-16-9-10-16)18(20)8-5-12-21-17-7-4-6-15(2)13-17/h4,6-7,13,16H,3,5,8-12,14H2,1-2H3. The largest absolute Gasteiger partial charge is 0.494 e. The summed E-state index contributed by atoms with van der Waals surface area (Å²) in [6, 6.07) is 8.04. The molecule has 1 aromatic carbocycles. The molecule has 1 aromatic rings. The lowest BCUT2D eigenvalue weighted by molar-refractivity contribution is -0.131. The molecule has 0 aromatic heterocycles. The van der Waals surface area contributed by atoms with Crippen molar-refractivity contribution in [1.82, 2.24) is 4.90 Å². The summed E-state index contributed by atoms with van der Waals surface area (Å²) in [6.07, 6.45) is 5.02. The molecular formula is C18H27NO2. The molecule has 1 aliphatic rings. The fraction of sp³-hybridized carbons (Fsp3) is 0.611. The first-order valence-electron chi connectivity index (χ1n) is 8.16. The Hall–Kier alpha value is -1.51. The molecule has 0 unspecified atom stereocenters. The average molecular weight is 289 g/mol. The molecular weight excluding hydrogens is 262 g/mol. The van der Waals surface area contributed by atoms with Gasteiger partial charge in [-0.3, -0.25) is 4.79 Å². The number of aryl methyl sites for hydroxylation is 1. The highest BCUT2D eigenvalue weighted by Gasteiger charge is 2.25. The van der Waals surface area contributed by atoms with E-state index >= 15 is 0 Å². The SMILES string of the molecule is CCCN(CC1CC1)C(=O)CCCOc1cccc(C)c1. The van der Waals surface area contributed by atoms with E-state index in [1.165, 1.54) is 18.4 Å². The van der Waals surface area contributed by atoms with Gasteiger partial charge in [-0.2, -0.15) is 0 Å². The number of benzene rings is 1. The van der Waals surface area contributed by atoms with E-state index in [4.69, 9.17) is 4.74 Å². The molecule has 0 spiro atoms. The van der Waals surface area contributed by atoms with Crippen molar-refractivity contribution in [2.45, 2.75) is 46.0 Å². The van der Waals surface area contributed by atoms with E-state index in [1.807, 2.05) is 23.1 Å². The number of hydrogen-bond donors (Lipinski definition) is 0. The fourth-order valence-electron chi connectivity index (χ4n) is 2.48. The maximum absolute atomic E-state index is 12.2. The maximum atomic E-state index is 12.2. The lowest BCUT2D eigenvalue weighted by Gasteiger charge is -2.22. The van der Waals surface area contributed by atoms with E-state index in [9.17, 15) is 4.79 Å². The summed E-state index contributed by atoms with van der Waals surface area (Å²) in [5, 5.41) is 0. The minimum absolute atomic E-state index is 0.289. The third-order valence-electron chi connectivity index (χ3n) is 3.81. The smallest absolute Gasteiger partial charge is 0.222 e. The van der Waals surface area contributed by atoms with E-state index in [1.54, 1.807) is 0 Å². The molecule has 0 atom stereocenters. The second kappa shape index (κ2) is 8.06. The van der Waals surface area contributed by atoms with Gasteiger partial charge >= 0.3 is 0 Å². The third kappa shape index (κ3) is 5.78. The Morgan fingerprint density at radius 3 is 2.86 bits per heavy atom. The zero-order valence-electron chi connectivity index (χ0n) is 13.3. The van der Waals surface area contributed by atoms with Gasteiger partial charge in [-0.05, 0) is 56.2 Å². The first kappa shape index (κ1) is 15.9. The monoisotopic (exact) mass is 289 g/mol. The van der Waals surface area contributed by atoms with Crippen molar-refractivity contribution in [1.29, 1.82) is 0 Å². The van der Waals surface area contributed by atoms with E-state index in [-0.39, 0.29) is 5.91 Å². The number of nitrogens with zero attached hydrogens (tertiary/aromatic N) is 1. The van der Waals surface area contributed by atoms with Crippen molar-refractivity contribution in [2.24, 2.45) is 5.92 Å². The van der Waals surface area contributed by atoms with Crippen LogP contribution in [0.1, 0.15) is 44.6 Å². The van der Waals surface area contributed by atoms with Gasteiger partial charge in [-0.15, -0.1) is 0 Å². The fourth-order valence-corrected chi connectivity index (χ4v) is 2.48. The van der Waals surface area contributed by atoms with Crippen LogP contribution in [-0.2, 0) is 4.79 Å². The predicted octanol–water partition coefficient (Wildman–Crippen LogP) is 3.80. The molecule has 3 nitrogen and oxygen atoms in total. The molecule has 116 valence electrons. The molecule has 0 saturated heterocycles. The number of amides is 1. The molecule has 0 bridgehead atoms. The normalized spacial score (nSPS) is 14.0. The summed E-state index contributed by atoms with van der Waals surface area (Å²) < 4.78 is 5.70. The average Bonchev–Trinajstić information content (AvgIpc) is 3.27. The van der Waals surface area contributed by atoms with Crippen molar-refractivity contribution in [2.75, 3.05) is 19.7 Å². The van der Waals surface area contributed by atoms with E-state index in [2.05, 4.69) is 19.9 Å². The molecule has 0 heterocycles. The first-order chi connectivity index (χ1) is 10.2. The minimum atomic E-state index is 0.289. The summed E-state index contributed by atoms with van der Waals surface area (Å²) in [5.41, 5.74) is 1.20. The van der Waals surface area contributed by atoms with Gasteiger partial charge in [0.15, 0.2) is 0 Å². The highest BCUT2D eigenvalue weighted by atomic mass is 16.5. The van der Waals surface area contributed by atoms with Gasteiger partial charge in [-0.25, -0.2) is 0 Å². The molecule has 1 fully saturated rings. The Kier molecular flexibility index (Phi) is 6.09. The molecule has 1 saturated carbocycles. The van der Waals surface area contributed by atoms with E-state index < -0.39 is 0 Å². The summed E-state index contributed by atoms with van der Waals surface area (Å²) in [4.78, 5) is 14.3. The molecule has 0 aliphatic heterocycles. The molecule has 3 heteroatoms. The van der Waals surface area contributed by atoms with Crippen LogP contribution in [0.4, 0.5) is 0 Å². The van der Waals surface area contributed by atoms with Gasteiger partial charge in [0.1, 0.15) is 5.75 Å². The second-order valence-electron chi connectivity index (χ2n) is 6.05. The molecule has 1 amide bonds. The van der Waals surface area contributed by atoms with Crippen molar-refractivity contribution < 1.29 is 9.53 Å². The summed E-state index contributed by atoms with van der Waals surface area (Å²) in [7, 11) is 0. The van der Waals surface area contributed by atoms with Crippen LogP contribution in [0, 0.1) is 12.8 Å². The van der Waals surface area contributed by atoms with Gasteiger partial charge in [0.05, 0.1) is 6.61 Å². The summed E-state index contributed by atoms with van der Waals surface area (Å²) in [5.74, 6) is 1.95.